The van der Waals surface area contributed by atoms with Gasteiger partial charge in [0.1, 0.15) is 0 Å². The number of amides is 1. The average Bonchev–Trinajstić information content (AvgIpc) is 2.32. The van der Waals surface area contributed by atoms with Crippen molar-refractivity contribution >= 4 is 23.2 Å². The molecule has 19 heavy (non-hydrogen) atoms. The van der Waals surface area contributed by atoms with Crippen LogP contribution in [0.5, 0.6) is 0 Å². The van der Waals surface area contributed by atoms with Crippen LogP contribution < -0.4 is 10.6 Å². The maximum Gasteiger partial charge on any atom is 0.242 e. The van der Waals surface area contributed by atoms with E-state index in [1.807, 2.05) is 25.1 Å². The number of piperidine rings is 1. The van der Waals surface area contributed by atoms with E-state index in [-0.39, 0.29) is 17.4 Å². The monoisotopic (exact) mass is 280 g/mol. The van der Waals surface area contributed by atoms with Crippen LogP contribution in [0, 0.1) is 12.3 Å². The molecule has 1 atom stereocenters. The molecule has 0 aliphatic carbocycles. The van der Waals surface area contributed by atoms with Gasteiger partial charge in [0.25, 0.3) is 0 Å². The molecule has 0 radical (unpaired) electrons. The van der Waals surface area contributed by atoms with Crippen molar-refractivity contribution in [3.05, 3.63) is 28.8 Å². The Morgan fingerprint density at radius 1 is 1.47 bits per heavy atom. The lowest BCUT2D eigenvalue weighted by Gasteiger charge is -2.38. The number of rotatable bonds is 2. The van der Waals surface area contributed by atoms with Crippen LogP contribution in [0.15, 0.2) is 18.2 Å². The summed E-state index contributed by atoms with van der Waals surface area (Å²) in [6.45, 7) is 7.12. The Hall–Kier alpha value is -1.06. The van der Waals surface area contributed by atoms with Crippen molar-refractivity contribution in [1.29, 1.82) is 0 Å². The number of hydrogen-bond donors (Lipinski definition) is 2. The fourth-order valence-corrected chi connectivity index (χ4v) is 2.87. The van der Waals surface area contributed by atoms with Gasteiger partial charge in [0.15, 0.2) is 0 Å². The highest BCUT2D eigenvalue weighted by atomic mass is 35.5. The summed E-state index contributed by atoms with van der Waals surface area (Å²) in [5.74, 6) is -0.00421. The lowest BCUT2D eigenvalue weighted by atomic mass is 9.77. The first-order valence-corrected chi connectivity index (χ1v) is 7.08. The zero-order valence-electron chi connectivity index (χ0n) is 11.7. The Morgan fingerprint density at radius 3 is 2.84 bits per heavy atom. The Labute approximate surface area is 119 Å². The van der Waals surface area contributed by atoms with Crippen molar-refractivity contribution in [3.63, 3.8) is 0 Å². The first-order valence-electron chi connectivity index (χ1n) is 6.70. The summed E-state index contributed by atoms with van der Waals surface area (Å²) >= 11 is 6.15. The second kappa shape index (κ2) is 5.51. The average molecular weight is 281 g/mol. The minimum atomic E-state index is -0.168. The number of hydrogen-bond acceptors (Lipinski definition) is 2. The molecule has 1 saturated heterocycles. The largest absolute Gasteiger partial charge is 0.323 e. The van der Waals surface area contributed by atoms with Crippen LogP contribution in [0.1, 0.15) is 32.3 Å². The predicted octanol–water partition coefficient (Wildman–Crippen LogP) is 3.37. The van der Waals surface area contributed by atoms with E-state index in [0.29, 0.717) is 10.7 Å². The van der Waals surface area contributed by atoms with Crippen molar-refractivity contribution in [3.8, 4) is 0 Å². The molecule has 1 unspecified atom stereocenters. The van der Waals surface area contributed by atoms with Gasteiger partial charge < -0.3 is 10.6 Å². The molecule has 4 heteroatoms. The third-order valence-electron chi connectivity index (χ3n) is 3.77. The Kier molecular flexibility index (Phi) is 4.16. The fraction of sp³-hybridized carbons (Fsp3) is 0.533. The lowest BCUT2D eigenvalue weighted by molar-refractivity contribution is -0.121. The van der Waals surface area contributed by atoms with Crippen LogP contribution >= 0.6 is 11.6 Å². The predicted molar refractivity (Wildman–Crippen MR) is 79.6 cm³/mol. The summed E-state index contributed by atoms with van der Waals surface area (Å²) in [4.78, 5) is 12.4. The zero-order valence-corrected chi connectivity index (χ0v) is 12.5. The van der Waals surface area contributed by atoms with Gasteiger partial charge in [0, 0.05) is 0 Å². The second-order valence-corrected chi connectivity index (χ2v) is 6.36. The first kappa shape index (κ1) is 14.4. The molecule has 104 valence electrons. The van der Waals surface area contributed by atoms with Gasteiger partial charge in [-0.2, -0.15) is 0 Å². The Morgan fingerprint density at radius 2 is 2.21 bits per heavy atom. The van der Waals surface area contributed by atoms with Crippen molar-refractivity contribution in [2.75, 3.05) is 11.9 Å². The Balaban J connectivity index is 2.12. The van der Waals surface area contributed by atoms with Crippen LogP contribution in [0.2, 0.25) is 5.02 Å². The SMILES string of the molecule is Cc1ccc(NC(=O)C2NCCCC2(C)C)c(Cl)c1. The number of anilines is 1. The molecule has 1 amide bonds. The van der Waals surface area contributed by atoms with Gasteiger partial charge in [-0.25, -0.2) is 0 Å². The molecule has 1 aliphatic heterocycles. The Bertz CT molecular complexity index is 485. The number of carbonyl (C=O) groups excluding carboxylic acids is 1. The fourth-order valence-electron chi connectivity index (χ4n) is 2.59. The van der Waals surface area contributed by atoms with E-state index in [4.69, 9.17) is 11.6 Å². The van der Waals surface area contributed by atoms with E-state index in [1.165, 1.54) is 0 Å². The zero-order chi connectivity index (χ0) is 14.0. The number of benzene rings is 1. The summed E-state index contributed by atoms with van der Waals surface area (Å²) in [5.41, 5.74) is 1.74. The van der Waals surface area contributed by atoms with Gasteiger partial charge in [0.05, 0.1) is 16.8 Å². The molecule has 1 fully saturated rings. The maximum atomic E-state index is 12.4. The second-order valence-electron chi connectivity index (χ2n) is 5.95. The smallest absolute Gasteiger partial charge is 0.242 e. The third kappa shape index (κ3) is 3.28. The van der Waals surface area contributed by atoms with E-state index >= 15 is 0 Å². The number of nitrogens with one attached hydrogen (secondary N) is 2. The van der Waals surface area contributed by atoms with Crippen molar-refractivity contribution in [2.24, 2.45) is 5.41 Å². The summed E-state index contributed by atoms with van der Waals surface area (Å²) in [7, 11) is 0. The normalized spacial score (nSPS) is 22.0. The molecule has 3 nitrogen and oxygen atoms in total. The molecule has 1 aromatic carbocycles. The summed E-state index contributed by atoms with van der Waals surface area (Å²) < 4.78 is 0. The molecule has 0 spiro atoms. The molecular formula is C15H21ClN2O. The highest BCUT2D eigenvalue weighted by Gasteiger charge is 2.37. The number of halogens is 1. The van der Waals surface area contributed by atoms with Crippen molar-refractivity contribution in [1.82, 2.24) is 5.32 Å². The van der Waals surface area contributed by atoms with Gasteiger partial charge >= 0.3 is 0 Å². The molecule has 2 N–H and O–H groups in total. The van der Waals surface area contributed by atoms with E-state index in [2.05, 4.69) is 24.5 Å². The van der Waals surface area contributed by atoms with Gasteiger partial charge in [-0.05, 0) is 49.4 Å². The van der Waals surface area contributed by atoms with E-state index in [1.54, 1.807) is 0 Å². The van der Waals surface area contributed by atoms with E-state index < -0.39 is 0 Å². The quantitative estimate of drug-likeness (QED) is 0.872. The number of carbonyl (C=O) groups is 1. The maximum absolute atomic E-state index is 12.4. The molecule has 0 saturated carbocycles. The summed E-state index contributed by atoms with van der Waals surface area (Å²) in [5, 5.41) is 6.82. The van der Waals surface area contributed by atoms with Crippen LogP contribution in [-0.4, -0.2) is 18.5 Å². The molecule has 2 rings (SSSR count). The van der Waals surface area contributed by atoms with Gasteiger partial charge in [-0.15, -0.1) is 0 Å². The lowest BCUT2D eigenvalue weighted by Crippen LogP contribution is -2.53. The molecule has 0 aromatic heterocycles. The minimum absolute atomic E-state index is 0.00421. The molecule has 1 heterocycles. The van der Waals surface area contributed by atoms with Crippen molar-refractivity contribution in [2.45, 2.75) is 39.7 Å². The minimum Gasteiger partial charge on any atom is -0.323 e. The van der Waals surface area contributed by atoms with E-state index in [9.17, 15) is 4.79 Å². The number of aryl methyl sites for hydroxylation is 1. The first-order chi connectivity index (χ1) is 8.90. The molecule has 1 aliphatic rings. The topological polar surface area (TPSA) is 41.1 Å². The van der Waals surface area contributed by atoms with E-state index in [0.717, 1.165) is 24.9 Å². The summed E-state index contributed by atoms with van der Waals surface area (Å²) in [6.07, 6.45) is 2.17. The highest BCUT2D eigenvalue weighted by Crippen LogP contribution is 2.31. The van der Waals surface area contributed by atoms with Crippen LogP contribution in [0.4, 0.5) is 5.69 Å². The standard InChI is InChI=1S/C15H21ClN2O/c1-10-5-6-12(11(16)9-10)18-14(19)13-15(2,3)7-4-8-17-13/h5-6,9,13,17H,4,7-8H2,1-3H3,(H,18,19). The van der Waals surface area contributed by atoms with Gasteiger partial charge in [-0.3, -0.25) is 4.79 Å². The van der Waals surface area contributed by atoms with Crippen LogP contribution in [-0.2, 0) is 4.79 Å². The molecular weight excluding hydrogens is 260 g/mol. The molecule has 1 aromatic rings. The highest BCUT2D eigenvalue weighted by molar-refractivity contribution is 6.33. The van der Waals surface area contributed by atoms with Crippen LogP contribution in [0.3, 0.4) is 0 Å². The van der Waals surface area contributed by atoms with Crippen LogP contribution in [0.25, 0.3) is 0 Å². The van der Waals surface area contributed by atoms with Gasteiger partial charge in [0.2, 0.25) is 5.91 Å². The third-order valence-corrected chi connectivity index (χ3v) is 4.09. The van der Waals surface area contributed by atoms with Crippen molar-refractivity contribution < 1.29 is 4.79 Å². The molecule has 0 bridgehead atoms. The van der Waals surface area contributed by atoms with Gasteiger partial charge in [-0.1, -0.05) is 31.5 Å². The summed E-state index contributed by atoms with van der Waals surface area (Å²) in [6, 6.07) is 5.49.